The normalized spacial score (nSPS) is 13.4. The molecule has 6 heteroatoms. The van der Waals surface area contributed by atoms with E-state index in [9.17, 15) is 0 Å². The van der Waals surface area contributed by atoms with Crippen molar-refractivity contribution in [2.24, 2.45) is 0 Å². The molecule has 4 rings (SSSR count). The summed E-state index contributed by atoms with van der Waals surface area (Å²) in [7, 11) is 0. The SMILES string of the molecule is Nc1c(Nc2cccnc2)ncnc1N1CCCc2ccccc21. The van der Waals surface area contributed by atoms with Gasteiger partial charge in [0, 0.05) is 18.4 Å². The fraction of sp³-hybridized carbons (Fsp3) is 0.167. The lowest BCUT2D eigenvalue weighted by atomic mass is 10.0. The van der Waals surface area contributed by atoms with Crippen molar-refractivity contribution in [1.82, 2.24) is 15.0 Å². The highest BCUT2D eigenvalue weighted by atomic mass is 15.2. The van der Waals surface area contributed by atoms with Gasteiger partial charge in [0.2, 0.25) is 0 Å². The zero-order chi connectivity index (χ0) is 16.4. The van der Waals surface area contributed by atoms with Gasteiger partial charge < -0.3 is 16.0 Å². The standard InChI is InChI=1S/C18H18N6/c19-16-17(23-14-7-3-9-20-11-14)21-12-22-18(16)24-10-4-6-13-5-1-2-8-15(13)24/h1-3,5,7-9,11-12H,4,6,10,19H2,(H,21,22,23). The minimum absolute atomic E-state index is 0.540. The first-order valence-corrected chi connectivity index (χ1v) is 7.96. The largest absolute Gasteiger partial charge is 0.393 e. The summed E-state index contributed by atoms with van der Waals surface area (Å²) in [6, 6.07) is 12.2. The van der Waals surface area contributed by atoms with Gasteiger partial charge in [-0.25, -0.2) is 9.97 Å². The van der Waals surface area contributed by atoms with E-state index >= 15 is 0 Å². The van der Waals surface area contributed by atoms with Gasteiger partial charge in [0.15, 0.2) is 11.6 Å². The van der Waals surface area contributed by atoms with Crippen LogP contribution < -0.4 is 16.0 Å². The summed E-state index contributed by atoms with van der Waals surface area (Å²) < 4.78 is 0. The highest BCUT2D eigenvalue weighted by Crippen LogP contribution is 2.37. The Balaban J connectivity index is 1.71. The van der Waals surface area contributed by atoms with E-state index in [1.165, 1.54) is 11.3 Å². The van der Waals surface area contributed by atoms with Gasteiger partial charge in [-0.15, -0.1) is 0 Å². The highest BCUT2D eigenvalue weighted by Gasteiger charge is 2.22. The smallest absolute Gasteiger partial charge is 0.161 e. The fourth-order valence-corrected chi connectivity index (χ4v) is 3.03. The molecule has 3 heterocycles. The summed E-state index contributed by atoms with van der Waals surface area (Å²) in [5.41, 5.74) is 10.2. The van der Waals surface area contributed by atoms with Gasteiger partial charge in [-0.05, 0) is 36.6 Å². The summed E-state index contributed by atoms with van der Waals surface area (Å²) >= 11 is 0. The van der Waals surface area contributed by atoms with E-state index in [4.69, 9.17) is 5.73 Å². The Bertz CT molecular complexity index is 849. The number of para-hydroxylation sites is 1. The first-order valence-electron chi connectivity index (χ1n) is 7.96. The summed E-state index contributed by atoms with van der Waals surface area (Å²) in [6.07, 6.45) is 7.16. The first kappa shape index (κ1) is 14.4. The molecule has 0 saturated heterocycles. The van der Waals surface area contributed by atoms with Crippen molar-refractivity contribution in [3.8, 4) is 0 Å². The van der Waals surface area contributed by atoms with Crippen molar-refractivity contribution in [2.45, 2.75) is 12.8 Å². The molecule has 0 unspecified atom stereocenters. The number of rotatable bonds is 3. The maximum atomic E-state index is 6.37. The summed E-state index contributed by atoms with van der Waals surface area (Å²) in [4.78, 5) is 15.0. The minimum atomic E-state index is 0.540. The van der Waals surface area contributed by atoms with Crippen LogP contribution in [0.2, 0.25) is 0 Å². The molecule has 0 radical (unpaired) electrons. The van der Waals surface area contributed by atoms with E-state index < -0.39 is 0 Å². The number of benzene rings is 1. The highest BCUT2D eigenvalue weighted by molar-refractivity contribution is 5.82. The third-order valence-electron chi connectivity index (χ3n) is 4.15. The number of hydrogen-bond donors (Lipinski definition) is 2. The number of nitrogens with two attached hydrogens (primary N) is 1. The van der Waals surface area contributed by atoms with E-state index in [1.54, 1.807) is 18.7 Å². The van der Waals surface area contributed by atoms with Crippen molar-refractivity contribution in [1.29, 1.82) is 0 Å². The van der Waals surface area contributed by atoms with Gasteiger partial charge in [0.1, 0.15) is 12.0 Å². The Morgan fingerprint density at radius 3 is 2.88 bits per heavy atom. The Morgan fingerprint density at radius 1 is 1.08 bits per heavy atom. The molecule has 2 aromatic heterocycles. The average molecular weight is 318 g/mol. The lowest BCUT2D eigenvalue weighted by molar-refractivity contribution is 0.759. The Labute approximate surface area is 140 Å². The molecule has 0 bridgehead atoms. The number of aryl methyl sites for hydroxylation is 1. The number of aromatic nitrogens is 3. The number of anilines is 5. The fourth-order valence-electron chi connectivity index (χ4n) is 3.03. The topological polar surface area (TPSA) is 80.0 Å². The molecule has 3 aromatic rings. The van der Waals surface area contributed by atoms with E-state index in [0.29, 0.717) is 11.5 Å². The molecule has 6 nitrogen and oxygen atoms in total. The van der Waals surface area contributed by atoms with Crippen molar-refractivity contribution < 1.29 is 0 Å². The van der Waals surface area contributed by atoms with Gasteiger partial charge in [-0.1, -0.05) is 18.2 Å². The van der Waals surface area contributed by atoms with Crippen LogP contribution in [0.4, 0.5) is 28.7 Å². The molecular formula is C18H18N6. The van der Waals surface area contributed by atoms with Gasteiger partial charge >= 0.3 is 0 Å². The second-order valence-corrected chi connectivity index (χ2v) is 5.71. The Hall–Kier alpha value is -3.15. The number of nitrogens with one attached hydrogen (secondary N) is 1. The monoisotopic (exact) mass is 318 g/mol. The third kappa shape index (κ3) is 2.62. The van der Waals surface area contributed by atoms with Crippen molar-refractivity contribution in [3.05, 3.63) is 60.7 Å². The van der Waals surface area contributed by atoms with E-state index in [2.05, 4.69) is 43.4 Å². The van der Waals surface area contributed by atoms with E-state index in [-0.39, 0.29) is 0 Å². The van der Waals surface area contributed by atoms with Crippen LogP contribution in [0.3, 0.4) is 0 Å². The van der Waals surface area contributed by atoms with Crippen LogP contribution >= 0.6 is 0 Å². The van der Waals surface area contributed by atoms with Crippen molar-refractivity contribution in [3.63, 3.8) is 0 Å². The molecule has 0 spiro atoms. The number of nitrogens with zero attached hydrogens (tertiary/aromatic N) is 4. The van der Waals surface area contributed by atoms with Crippen LogP contribution in [0, 0.1) is 0 Å². The molecule has 3 N–H and O–H groups in total. The third-order valence-corrected chi connectivity index (χ3v) is 4.15. The first-order chi connectivity index (χ1) is 11.8. The predicted molar refractivity (Wildman–Crippen MR) is 95.7 cm³/mol. The van der Waals surface area contributed by atoms with Crippen LogP contribution in [-0.4, -0.2) is 21.5 Å². The second kappa shape index (κ2) is 6.16. The average Bonchev–Trinajstić information content (AvgIpc) is 2.64. The molecule has 1 aromatic carbocycles. The summed E-state index contributed by atoms with van der Waals surface area (Å²) in [5, 5.41) is 3.21. The van der Waals surface area contributed by atoms with Gasteiger partial charge in [0.25, 0.3) is 0 Å². The van der Waals surface area contributed by atoms with Gasteiger partial charge in [-0.2, -0.15) is 0 Å². The molecule has 0 aliphatic carbocycles. The summed E-state index contributed by atoms with van der Waals surface area (Å²) in [6.45, 7) is 0.893. The minimum Gasteiger partial charge on any atom is -0.393 e. The van der Waals surface area contributed by atoms with Crippen LogP contribution in [0.5, 0.6) is 0 Å². The van der Waals surface area contributed by atoms with E-state index in [1.807, 2.05) is 18.2 Å². The van der Waals surface area contributed by atoms with Gasteiger partial charge in [0.05, 0.1) is 11.9 Å². The molecule has 0 amide bonds. The maximum absolute atomic E-state index is 6.37. The number of nitrogen functional groups attached to an aromatic ring is 1. The number of pyridine rings is 1. The van der Waals surface area contributed by atoms with Crippen molar-refractivity contribution in [2.75, 3.05) is 22.5 Å². The Kier molecular flexibility index (Phi) is 3.70. The number of hydrogen-bond acceptors (Lipinski definition) is 6. The molecule has 24 heavy (non-hydrogen) atoms. The quantitative estimate of drug-likeness (QED) is 0.771. The predicted octanol–water partition coefficient (Wildman–Crippen LogP) is 3.28. The maximum Gasteiger partial charge on any atom is 0.161 e. The van der Waals surface area contributed by atoms with Gasteiger partial charge in [-0.3, -0.25) is 4.98 Å². The van der Waals surface area contributed by atoms with Crippen molar-refractivity contribution >= 4 is 28.7 Å². The molecule has 120 valence electrons. The second-order valence-electron chi connectivity index (χ2n) is 5.71. The lowest BCUT2D eigenvalue weighted by Crippen LogP contribution is -2.26. The number of fused-ring (bicyclic) bond motifs is 1. The zero-order valence-electron chi connectivity index (χ0n) is 13.2. The summed E-state index contributed by atoms with van der Waals surface area (Å²) in [5.74, 6) is 1.33. The molecule has 0 atom stereocenters. The van der Waals surface area contributed by atoms with E-state index in [0.717, 1.165) is 30.9 Å². The van der Waals surface area contributed by atoms with Crippen LogP contribution in [0.25, 0.3) is 0 Å². The van der Waals surface area contributed by atoms with Crippen LogP contribution in [0.1, 0.15) is 12.0 Å². The molecule has 1 aliphatic heterocycles. The molecular weight excluding hydrogens is 300 g/mol. The molecule has 0 fully saturated rings. The van der Waals surface area contributed by atoms with Crippen LogP contribution in [0.15, 0.2) is 55.1 Å². The lowest BCUT2D eigenvalue weighted by Gasteiger charge is -2.31. The van der Waals surface area contributed by atoms with Crippen LogP contribution in [-0.2, 0) is 6.42 Å². The Morgan fingerprint density at radius 2 is 2.00 bits per heavy atom. The zero-order valence-corrected chi connectivity index (χ0v) is 13.2. The molecule has 0 saturated carbocycles. The molecule has 1 aliphatic rings.